The molecule has 0 spiro atoms. The maximum atomic E-state index is 13.1. The minimum absolute atomic E-state index is 0.0955. The number of alkyl halides is 3. The third kappa shape index (κ3) is 3.59. The van der Waals surface area contributed by atoms with Crippen LogP contribution in [0.25, 0.3) is 33.5 Å². The number of rotatable bonds is 3. The summed E-state index contributed by atoms with van der Waals surface area (Å²) < 4.78 is 41.7. The van der Waals surface area contributed by atoms with E-state index in [4.69, 9.17) is 0 Å². The molecule has 4 aromatic rings. The van der Waals surface area contributed by atoms with Crippen LogP contribution in [0.4, 0.5) is 13.2 Å². The fourth-order valence-electron chi connectivity index (χ4n) is 3.42. The molecule has 4 rings (SSSR count). The summed E-state index contributed by atoms with van der Waals surface area (Å²) in [7, 11) is 1.71. The number of hydrogen-bond donors (Lipinski definition) is 1. The van der Waals surface area contributed by atoms with E-state index in [1.165, 1.54) is 12.1 Å². The first-order chi connectivity index (χ1) is 14.1. The second-order valence-electron chi connectivity index (χ2n) is 6.76. The van der Waals surface area contributed by atoms with Crippen molar-refractivity contribution in [2.45, 2.75) is 6.18 Å². The highest BCUT2D eigenvalue weighted by molar-refractivity contribution is 9.10. The van der Waals surface area contributed by atoms with Gasteiger partial charge in [0.25, 0.3) is 0 Å². The Morgan fingerprint density at radius 3 is 2.47 bits per heavy atom. The van der Waals surface area contributed by atoms with Gasteiger partial charge in [-0.2, -0.15) is 13.2 Å². The molecule has 0 atom stereocenters. The average molecular weight is 475 g/mol. The summed E-state index contributed by atoms with van der Waals surface area (Å²) in [5, 5.41) is 10.1. The van der Waals surface area contributed by atoms with E-state index in [1.807, 2.05) is 0 Å². The molecule has 0 saturated heterocycles. The number of halogens is 4. The highest BCUT2D eigenvalue weighted by Gasteiger charge is 2.30. The zero-order valence-corrected chi connectivity index (χ0v) is 17.1. The molecule has 0 fully saturated rings. The van der Waals surface area contributed by atoms with Gasteiger partial charge in [0, 0.05) is 22.6 Å². The van der Waals surface area contributed by atoms with Gasteiger partial charge < -0.3 is 9.67 Å². The molecule has 2 heterocycles. The predicted octanol–water partition coefficient (Wildman–Crippen LogP) is 6.39. The Morgan fingerprint density at radius 1 is 1.03 bits per heavy atom. The van der Waals surface area contributed by atoms with Crippen LogP contribution in [-0.4, -0.2) is 20.6 Å². The maximum absolute atomic E-state index is 13.1. The normalized spacial score (nSPS) is 11.8. The number of fused-ring (bicyclic) bond motifs is 1. The molecule has 152 valence electrons. The Kier molecular flexibility index (Phi) is 4.89. The first-order valence-corrected chi connectivity index (χ1v) is 9.62. The maximum Gasteiger partial charge on any atom is 0.416 e. The molecule has 0 aliphatic rings. The monoisotopic (exact) mass is 474 g/mol. The molecule has 4 nitrogen and oxygen atoms in total. The molecule has 0 unspecified atom stereocenters. The molecular formula is C22H14BrF3N2O2. The van der Waals surface area contributed by atoms with E-state index in [-0.39, 0.29) is 5.56 Å². The van der Waals surface area contributed by atoms with Gasteiger partial charge in [0.2, 0.25) is 0 Å². The van der Waals surface area contributed by atoms with Crippen LogP contribution < -0.4 is 0 Å². The van der Waals surface area contributed by atoms with Crippen LogP contribution in [0.3, 0.4) is 0 Å². The first kappa shape index (κ1) is 20.2. The van der Waals surface area contributed by atoms with Crippen LogP contribution in [0.5, 0.6) is 0 Å². The van der Waals surface area contributed by atoms with E-state index < -0.39 is 17.7 Å². The Hall–Kier alpha value is -3.13. The van der Waals surface area contributed by atoms with E-state index in [2.05, 4.69) is 20.9 Å². The summed E-state index contributed by atoms with van der Waals surface area (Å²) in [5.74, 6) is -1.09. The van der Waals surface area contributed by atoms with Crippen molar-refractivity contribution in [1.82, 2.24) is 9.55 Å². The van der Waals surface area contributed by atoms with Crippen molar-refractivity contribution in [3.05, 3.63) is 76.3 Å². The lowest BCUT2D eigenvalue weighted by Gasteiger charge is -2.12. The lowest BCUT2D eigenvalue weighted by molar-refractivity contribution is -0.137. The van der Waals surface area contributed by atoms with Gasteiger partial charge in [-0.1, -0.05) is 28.1 Å². The van der Waals surface area contributed by atoms with Crippen LogP contribution >= 0.6 is 15.9 Å². The zero-order valence-electron chi connectivity index (χ0n) is 15.5. The topological polar surface area (TPSA) is 55.1 Å². The molecule has 30 heavy (non-hydrogen) atoms. The van der Waals surface area contributed by atoms with Gasteiger partial charge in [0.1, 0.15) is 0 Å². The molecular weight excluding hydrogens is 461 g/mol. The first-order valence-electron chi connectivity index (χ1n) is 8.82. The summed E-state index contributed by atoms with van der Waals surface area (Å²) in [4.78, 5) is 16.4. The van der Waals surface area contributed by atoms with Crippen LogP contribution in [0.1, 0.15) is 15.9 Å². The Balaban J connectivity index is 1.86. The number of pyridine rings is 1. The molecule has 0 radical (unpaired) electrons. The number of carboxylic acids is 1. The molecule has 0 aliphatic heterocycles. The highest BCUT2D eigenvalue weighted by atomic mass is 79.9. The molecule has 2 aromatic heterocycles. The highest BCUT2D eigenvalue weighted by Crippen LogP contribution is 2.34. The smallest absolute Gasteiger partial charge is 0.416 e. The summed E-state index contributed by atoms with van der Waals surface area (Å²) >= 11 is 3.33. The molecule has 0 aliphatic carbocycles. The van der Waals surface area contributed by atoms with Crippen molar-refractivity contribution in [2.75, 3.05) is 0 Å². The molecule has 0 bridgehead atoms. The van der Waals surface area contributed by atoms with Crippen molar-refractivity contribution in [1.29, 1.82) is 0 Å². The van der Waals surface area contributed by atoms with Gasteiger partial charge >= 0.3 is 12.1 Å². The summed E-state index contributed by atoms with van der Waals surface area (Å²) in [6.07, 6.45) is -4.44. The van der Waals surface area contributed by atoms with Gasteiger partial charge in [-0.3, -0.25) is 0 Å². The number of aromatic carboxylic acids is 1. The second kappa shape index (κ2) is 7.28. The Labute approximate surface area is 177 Å². The minimum atomic E-state index is -4.44. The second-order valence-corrected chi connectivity index (χ2v) is 7.68. The number of carbonyl (C=O) groups is 1. The van der Waals surface area contributed by atoms with Gasteiger partial charge in [-0.15, -0.1) is 0 Å². The molecule has 1 N–H and O–H groups in total. The van der Waals surface area contributed by atoms with Crippen LogP contribution in [0.15, 0.2) is 65.1 Å². The van der Waals surface area contributed by atoms with E-state index in [0.717, 1.165) is 16.6 Å². The van der Waals surface area contributed by atoms with Crippen molar-refractivity contribution in [2.24, 2.45) is 7.05 Å². The fourth-order valence-corrected chi connectivity index (χ4v) is 3.78. The van der Waals surface area contributed by atoms with Crippen molar-refractivity contribution in [3.63, 3.8) is 0 Å². The van der Waals surface area contributed by atoms with E-state index >= 15 is 0 Å². The summed E-state index contributed by atoms with van der Waals surface area (Å²) in [6, 6.07) is 15.1. The molecule has 0 saturated carbocycles. The summed E-state index contributed by atoms with van der Waals surface area (Å²) in [5.41, 5.74) is 1.85. The number of carboxylic acid groups (broad SMARTS) is 1. The Bertz CT molecular complexity index is 1300. The zero-order chi connectivity index (χ0) is 21.6. The van der Waals surface area contributed by atoms with E-state index in [9.17, 15) is 23.1 Å². The lowest BCUT2D eigenvalue weighted by atomic mass is 10.1. The van der Waals surface area contributed by atoms with Gasteiger partial charge in [-0.05, 0) is 54.1 Å². The van der Waals surface area contributed by atoms with Gasteiger partial charge in [0.05, 0.1) is 28.0 Å². The quantitative estimate of drug-likeness (QED) is 0.374. The van der Waals surface area contributed by atoms with Gasteiger partial charge in [-0.25, -0.2) is 9.78 Å². The third-order valence-electron chi connectivity index (χ3n) is 4.87. The van der Waals surface area contributed by atoms with Crippen LogP contribution in [0, 0.1) is 0 Å². The van der Waals surface area contributed by atoms with Crippen molar-refractivity contribution >= 4 is 32.8 Å². The Morgan fingerprint density at radius 2 is 1.77 bits per heavy atom. The fraction of sp³-hybridized carbons (Fsp3) is 0.0909. The lowest BCUT2D eigenvalue weighted by Crippen LogP contribution is -2.05. The number of nitrogens with zero attached hydrogens (tertiary/aromatic N) is 2. The average Bonchev–Trinajstić information content (AvgIpc) is 3.08. The van der Waals surface area contributed by atoms with Crippen molar-refractivity contribution in [3.8, 4) is 22.6 Å². The molecule has 0 amide bonds. The SMILES string of the molecule is Cn1c(-c2cccc(C(F)(F)F)c2)ccc1-c1cc(C(=O)O)c2cc(Br)ccc2n1. The number of hydrogen-bond acceptors (Lipinski definition) is 2. The number of benzene rings is 2. The van der Waals surface area contributed by atoms with Crippen LogP contribution in [0.2, 0.25) is 0 Å². The van der Waals surface area contributed by atoms with E-state index in [1.54, 1.807) is 48.0 Å². The molecule has 2 aromatic carbocycles. The molecule has 8 heteroatoms. The third-order valence-corrected chi connectivity index (χ3v) is 5.36. The largest absolute Gasteiger partial charge is 0.478 e. The van der Waals surface area contributed by atoms with Crippen molar-refractivity contribution < 1.29 is 23.1 Å². The van der Waals surface area contributed by atoms with Crippen LogP contribution in [-0.2, 0) is 13.2 Å². The predicted molar refractivity (Wildman–Crippen MR) is 111 cm³/mol. The minimum Gasteiger partial charge on any atom is -0.478 e. The summed E-state index contributed by atoms with van der Waals surface area (Å²) in [6.45, 7) is 0. The van der Waals surface area contributed by atoms with E-state index in [0.29, 0.717) is 33.5 Å². The van der Waals surface area contributed by atoms with Gasteiger partial charge in [0.15, 0.2) is 0 Å². The standard InChI is InChI=1S/C22H14BrF3N2O2/c1-28-19(12-3-2-4-13(9-12)22(24,25)26)7-8-20(28)18-11-16(21(29)30)15-10-14(23)5-6-17(15)27-18/h2-11H,1H3,(H,29,30). The number of aromatic nitrogens is 2.